The summed E-state index contributed by atoms with van der Waals surface area (Å²) >= 11 is 0. The highest BCUT2D eigenvalue weighted by Crippen LogP contribution is 2.02. The molecule has 10 heavy (non-hydrogen) atoms. The molecule has 0 spiro atoms. The highest BCUT2D eigenvalue weighted by atomic mass is 16.1. The van der Waals surface area contributed by atoms with E-state index in [2.05, 4.69) is 0 Å². The van der Waals surface area contributed by atoms with Crippen LogP contribution in [0.2, 0.25) is 0 Å². The van der Waals surface area contributed by atoms with Crippen molar-refractivity contribution in [2.45, 2.75) is 0 Å². The first kappa shape index (κ1) is 4.45. The Labute approximate surface area is 62.8 Å². The maximum atomic E-state index is 10.3. The van der Waals surface area contributed by atoms with Crippen LogP contribution in [0.4, 0.5) is 0 Å². The van der Waals surface area contributed by atoms with E-state index in [1.807, 2.05) is 0 Å². The Balaban J connectivity index is 2.92. The first-order chi connectivity index (χ1) is 5.72. The van der Waals surface area contributed by atoms with Gasteiger partial charge in [-0.1, -0.05) is 36.9 Å². The molecular formula is C9H8O. The second kappa shape index (κ2) is 2.97. The average molecular weight is 134 g/mol. The largest absolute Gasteiger partial charge is 0.298 e. The van der Waals surface area contributed by atoms with Crippen LogP contribution in [-0.2, 0) is 0 Å². The number of hydrogen-bond donors (Lipinski definition) is 0. The predicted molar refractivity (Wildman–Crippen MR) is 41.9 cm³/mol. The molecule has 0 unspecified atom stereocenters. The van der Waals surface area contributed by atoms with Crippen molar-refractivity contribution in [2.75, 3.05) is 0 Å². The molecule has 0 heterocycles. The predicted octanol–water partition coefficient (Wildman–Crippen LogP) is 2.14. The monoisotopic (exact) mass is 134 g/mol. The molecule has 50 valence electrons. The summed E-state index contributed by atoms with van der Waals surface area (Å²) in [4.78, 5) is 10.3. The van der Waals surface area contributed by atoms with Gasteiger partial charge < -0.3 is 0 Å². The van der Waals surface area contributed by atoms with Crippen molar-refractivity contribution in [1.82, 2.24) is 0 Å². The Morgan fingerprint density at radius 2 is 1.90 bits per heavy atom. The summed E-state index contributed by atoms with van der Waals surface area (Å²) in [5.74, 6) is 0. The topological polar surface area (TPSA) is 17.1 Å². The number of carbonyl (C=O) groups is 1. The van der Waals surface area contributed by atoms with E-state index in [-0.39, 0.29) is 6.53 Å². The van der Waals surface area contributed by atoms with Gasteiger partial charge in [0.05, 0.1) is 2.74 Å². The summed E-state index contributed by atoms with van der Waals surface area (Å²) in [7, 11) is 0. The molecule has 0 atom stereocenters. The first-order valence-corrected chi connectivity index (χ1v) is 2.92. The molecule has 1 nitrogen and oxygen atoms in total. The third kappa shape index (κ3) is 1.32. The molecule has 0 aliphatic heterocycles. The molecule has 1 aromatic carbocycles. The van der Waals surface area contributed by atoms with Crippen LogP contribution in [0.3, 0.4) is 0 Å². The minimum absolute atomic E-state index is 0.242. The van der Waals surface area contributed by atoms with E-state index in [0.29, 0.717) is 5.56 Å². The normalized spacial score (nSPS) is 11.2. The molecule has 0 radical (unpaired) electrons. The Hall–Kier alpha value is -1.37. The molecule has 0 saturated carbocycles. The smallest absolute Gasteiger partial charge is 0.150 e. The number of carbonyl (C=O) groups excluding carboxylic acids is 1. The second-order valence-corrected chi connectivity index (χ2v) is 1.93. The van der Waals surface area contributed by atoms with Crippen molar-refractivity contribution in [3.8, 4) is 0 Å². The van der Waals surface area contributed by atoms with Crippen LogP contribution in [0.25, 0.3) is 6.08 Å². The third-order valence-corrected chi connectivity index (χ3v) is 1.24. The molecule has 0 aliphatic carbocycles. The van der Waals surface area contributed by atoms with E-state index in [9.17, 15) is 4.79 Å². The van der Waals surface area contributed by atoms with Crippen molar-refractivity contribution in [3.05, 3.63) is 41.9 Å². The Morgan fingerprint density at radius 1 is 1.30 bits per heavy atom. The van der Waals surface area contributed by atoms with Gasteiger partial charge in [-0.3, -0.25) is 4.79 Å². The van der Waals surface area contributed by atoms with E-state index < -0.39 is 0 Å². The number of hydrogen-bond acceptors (Lipinski definition) is 1. The molecule has 0 saturated heterocycles. The summed E-state index contributed by atoms with van der Waals surface area (Å²) in [6.07, 6.45) is 2.17. The second-order valence-electron chi connectivity index (χ2n) is 1.93. The van der Waals surface area contributed by atoms with E-state index >= 15 is 0 Å². The van der Waals surface area contributed by atoms with E-state index in [1.54, 1.807) is 24.3 Å². The molecule has 0 N–H and O–H groups in total. The zero-order valence-electron chi connectivity index (χ0n) is 7.37. The van der Waals surface area contributed by atoms with Crippen LogP contribution < -0.4 is 0 Å². The number of rotatable bonds is 2. The quantitative estimate of drug-likeness (QED) is 0.566. The lowest BCUT2D eigenvalue weighted by molar-refractivity contribution is 0.112. The maximum absolute atomic E-state index is 10.3. The van der Waals surface area contributed by atoms with Crippen molar-refractivity contribution < 1.29 is 7.54 Å². The van der Waals surface area contributed by atoms with Gasteiger partial charge in [-0.15, -0.1) is 0 Å². The lowest BCUT2D eigenvalue weighted by atomic mass is 10.1. The van der Waals surface area contributed by atoms with Crippen LogP contribution in [0.5, 0.6) is 0 Å². The van der Waals surface area contributed by atoms with E-state index in [0.717, 1.165) is 11.8 Å². The van der Waals surface area contributed by atoms with Gasteiger partial charge in [0, 0.05) is 5.56 Å². The lowest BCUT2D eigenvalue weighted by Gasteiger charge is -1.90. The van der Waals surface area contributed by atoms with Gasteiger partial charge in [0.2, 0.25) is 0 Å². The molecular weight excluding hydrogens is 124 g/mol. The molecule has 0 bridgehead atoms. The summed E-state index contributed by atoms with van der Waals surface area (Å²) < 4.78 is 13.7. The van der Waals surface area contributed by atoms with Gasteiger partial charge >= 0.3 is 0 Å². The van der Waals surface area contributed by atoms with Gasteiger partial charge in [0.1, 0.15) is 6.29 Å². The third-order valence-electron chi connectivity index (χ3n) is 1.24. The molecule has 1 rings (SSSR count). The van der Waals surface area contributed by atoms with Gasteiger partial charge in [-0.25, -0.2) is 0 Å². The zero-order valence-corrected chi connectivity index (χ0v) is 5.37. The van der Waals surface area contributed by atoms with Gasteiger partial charge in [0.15, 0.2) is 0 Å². The first-order valence-electron chi connectivity index (χ1n) is 3.92. The molecule has 1 aromatic rings. The van der Waals surface area contributed by atoms with Crippen LogP contribution in [0, 0.1) is 0 Å². The van der Waals surface area contributed by atoms with Crippen molar-refractivity contribution in [1.29, 1.82) is 0 Å². The highest BCUT2D eigenvalue weighted by Gasteiger charge is 1.86. The van der Waals surface area contributed by atoms with Gasteiger partial charge in [-0.05, 0) is 5.56 Å². The van der Waals surface area contributed by atoms with E-state index in [1.165, 1.54) is 6.08 Å². The summed E-state index contributed by atoms with van der Waals surface area (Å²) in [5.41, 5.74) is 1.37. The van der Waals surface area contributed by atoms with Crippen LogP contribution >= 0.6 is 0 Å². The Kier molecular flexibility index (Phi) is 1.32. The fourth-order valence-electron chi connectivity index (χ4n) is 0.671. The fraction of sp³-hybridized carbons (Fsp3) is 0. The Morgan fingerprint density at radius 3 is 2.40 bits per heavy atom. The fourth-order valence-corrected chi connectivity index (χ4v) is 0.671. The highest BCUT2D eigenvalue weighted by molar-refractivity contribution is 5.75. The minimum atomic E-state index is -0.242. The lowest BCUT2D eigenvalue weighted by Crippen LogP contribution is -1.77. The summed E-state index contributed by atoms with van der Waals surface area (Å²) in [6.45, 7) is -0.242. The van der Waals surface area contributed by atoms with Crippen LogP contribution in [-0.4, -0.2) is 6.29 Å². The number of aldehydes is 1. The summed E-state index contributed by atoms with van der Waals surface area (Å²) in [5, 5.41) is 0. The maximum Gasteiger partial charge on any atom is 0.150 e. The van der Waals surface area contributed by atoms with E-state index in [4.69, 9.17) is 2.74 Å². The molecule has 0 aliphatic rings. The van der Waals surface area contributed by atoms with Crippen LogP contribution in [0.15, 0.2) is 30.8 Å². The molecule has 0 aromatic heterocycles. The van der Waals surface area contributed by atoms with Crippen molar-refractivity contribution in [2.24, 2.45) is 0 Å². The van der Waals surface area contributed by atoms with Gasteiger partial charge in [-0.2, -0.15) is 0 Å². The van der Waals surface area contributed by atoms with Crippen molar-refractivity contribution in [3.63, 3.8) is 0 Å². The number of benzene rings is 1. The van der Waals surface area contributed by atoms with Gasteiger partial charge in [0.25, 0.3) is 0 Å². The summed E-state index contributed by atoms with van der Waals surface area (Å²) in [6, 6.07) is 6.71. The Bertz CT molecular complexity index is 297. The molecule has 1 heteroatoms. The van der Waals surface area contributed by atoms with Crippen molar-refractivity contribution >= 4 is 12.4 Å². The van der Waals surface area contributed by atoms with Crippen LogP contribution in [0.1, 0.15) is 18.7 Å². The zero-order chi connectivity index (χ0) is 8.97. The minimum Gasteiger partial charge on any atom is -0.298 e. The SMILES string of the molecule is [2H]C([2H])=Cc1ccc(C=O)cc1. The molecule has 0 amide bonds. The molecule has 0 fully saturated rings. The standard InChI is InChI=1S/C9H8O/c1-2-8-3-5-9(7-10)6-4-8/h2-7H,1H2/i1D2. The average Bonchev–Trinajstić information content (AvgIpc) is 2.05.